The molecule has 0 aliphatic carbocycles. The number of rotatable bonds is 7. The van der Waals surface area contributed by atoms with Crippen molar-refractivity contribution in [1.29, 1.82) is 0 Å². The molecule has 3 rings (SSSR count). The molecule has 0 unspecified atom stereocenters. The lowest BCUT2D eigenvalue weighted by Gasteiger charge is -2.36. The summed E-state index contributed by atoms with van der Waals surface area (Å²) in [4.78, 5) is 2.32. The van der Waals surface area contributed by atoms with Gasteiger partial charge in [0.05, 0.1) is 26.4 Å². The van der Waals surface area contributed by atoms with E-state index in [2.05, 4.69) is 34.7 Å². The van der Waals surface area contributed by atoms with Crippen LogP contribution in [0.15, 0.2) is 42.6 Å². The van der Waals surface area contributed by atoms with Crippen molar-refractivity contribution in [3.63, 3.8) is 0 Å². The number of benzene rings is 1. The summed E-state index contributed by atoms with van der Waals surface area (Å²) < 4.78 is 13.1. The lowest BCUT2D eigenvalue weighted by atomic mass is 10.1. The van der Waals surface area contributed by atoms with Gasteiger partial charge in [0.15, 0.2) is 0 Å². The van der Waals surface area contributed by atoms with Crippen molar-refractivity contribution in [3.05, 3.63) is 53.9 Å². The fraction of sp³-hybridized carbons (Fsp3) is 0.474. The second-order valence-electron chi connectivity index (χ2n) is 6.31. The largest absolute Gasteiger partial charge is 0.497 e. The third-order valence-electron chi connectivity index (χ3n) is 4.65. The number of nitrogens with zero attached hydrogens (tertiary/aromatic N) is 2. The molecule has 1 aromatic heterocycles. The molecule has 0 spiro atoms. The average molecular weight is 330 g/mol. The van der Waals surface area contributed by atoms with E-state index >= 15 is 0 Å². The molecule has 1 N–H and O–H groups in total. The van der Waals surface area contributed by atoms with Gasteiger partial charge in [-0.15, -0.1) is 0 Å². The average Bonchev–Trinajstić information content (AvgIpc) is 3.07. The van der Waals surface area contributed by atoms with E-state index in [4.69, 9.17) is 9.47 Å². The van der Waals surface area contributed by atoms with Crippen LogP contribution in [0.4, 0.5) is 0 Å². The number of methoxy groups -OCH3 is 1. The van der Waals surface area contributed by atoms with E-state index in [1.165, 1.54) is 5.69 Å². The number of aliphatic hydroxyl groups is 1. The van der Waals surface area contributed by atoms with Gasteiger partial charge in [0.25, 0.3) is 0 Å². The number of hydrogen-bond acceptors (Lipinski definition) is 4. The van der Waals surface area contributed by atoms with Crippen molar-refractivity contribution >= 4 is 0 Å². The SMILES string of the molecule is COc1ccc(COC[C@H](O)CN2CCn3cccc3[C@@H]2C)cc1. The number of aromatic nitrogens is 1. The number of hydrogen-bond donors (Lipinski definition) is 1. The molecule has 5 heteroatoms. The van der Waals surface area contributed by atoms with Gasteiger partial charge in [-0.2, -0.15) is 0 Å². The fourth-order valence-electron chi connectivity index (χ4n) is 3.23. The molecule has 24 heavy (non-hydrogen) atoms. The summed E-state index contributed by atoms with van der Waals surface area (Å²) in [5.41, 5.74) is 2.39. The van der Waals surface area contributed by atoms with Crippen molar-refractivity contribution in [2.45, 2.75) is 32.2 Å². The van der Waals surface area contributed by atoms with Crippen LogP contribution in [0.25, 0.3) is 0 Å². The van der Waals surface area contributed by atoms with Gasteiger partial charge in [-0.05, 0) is 36.8 Å². The summed E-state index contributed by atoms with van der Waals surface area (Å²) in [6, 6.07) is 12.4. The lowest BCUT2D eigenvalue weighted by molar-refractivity contribution is -0.000827. The molecule has 2 heterocycles. The van der Waals surface area contributed by atoms with Crippen LogP contribution >= 0.6 is 0 Å². The number of β-amino-alcohol motifs (C(OH)–C–C–N with tert-alkyl or cyclic N) is 1. The minimum Gasteiger partial charge on any atom is -0.497 e. The zero-order valence-corrected chi connectivity index (χ0v) is 14.4. The van der Waals surface area contributed by atoms with E-state index in [9.17, 15) is 5.11 Å². The molecule has 1 aromatic carbocycles. The summed E-state index contributed by atoms with van der Waals surface area (Å²) >= 11 is 0. The minimum atomic E-state index is -0.479. The Hall–Kier alpha value is -1.82. The molecule has 0 fully saturated rings. The smallest absolute Gasteiger partial charge is 0.118 e. The summed E-state index contributed by atoms with van der Waals surface area (Å²) in [7, 11) is 1.65. The molecule has 0 bridgehead atoms. The minimum absolute atomic E-state index is 0.324. The lowest BCUT2D eigenvalue weighted by Crippen LogP contribution is -2.42. The Labute approximate surface area is 143 Å². The molecule has 130 valence electrons. The van der Waals surface area contributed by atoms with E-state index in [0.717, 1.165) is 24.4 Å². The number of fused-ring (bicyclic) bond motifs is 1. The van der Waals surface area contributed by atoms with Gasteiger partial charge >= 0.3 is 0 Å². The first-order valence-electron chi connectivity index (χ1n) is 8.45. The van der Waals surface area contributed by atoms with E-state index in [1.54, 1.807) is 7.11 Å². The van der Waals surface area contributed by atoms with E-state index in [-0.39, 0.29) is 0 Å². The van der Waals surface area contributed by atoms with Crippen molar-refractivity contribution < 1.29 is 14.6 Å². The van der Waals surface area contributed by atoms with Crippen molar-refractivity contribution in [1.82, 2.24) is 9.47 Å². The molecule has 0 amide bonds. The molecule has 0 saturated heterocycles. The molecule has 0 radical (unpaired) electrons. The first kappa shape index (κ1) is 17.0. The van der Waals surface area contributed by atoms with Gasteiger partial charge in [-0.3, -0.25) is 4.90 Å². The second kappa shape index (κ2) is 7.83. The third kappa shape index (κ3) is 3.98. The molecular formula is C19H26N2O3. The fourth-order valence-corrected chi connectivity index (χ4v) is 3.23. The Morgan fingerprint density at radius 2 is 2.00 bits per heavy atom. The van der Waals surface area contributed by atoms with Crippen LogP contribution < -0.4 is 4.74 Å². The zero-order valence-electron chi connectivity index (χ0n) is 14.4. The maximum absolute atomic E-state index is 10.3. The maximum Gasteiger partial charge on any atom is 0.118 e. The molecule has 1 aliphatic rings. The summed E-state index contributed by atoms with van der Waals surface area (Å²) in [6.45, 7) is 5.60. The Bertz CT molecular complexity index is 638. The van der Waals surface area contributed by atoms with Crippen LogP contribution in [-0.4, -0.2) is 47.5 Å². The summed E-state index contributed by atoms with van der Waals surface area (Å²) in [5, 5.41) is 10.3. The predicted molar refractivity (Wildman–Crippen MR) is 93.1 cm³/mol. The van der Waals surface area contributed by atoms with Gasteiger partial charge in [0.1, 0.15) is 5.75 Å². The third-order valence-corrected chi connectivity index (χ3v) is 4.65. The Balaban J connectivity index is 1.43. The molecular weight excluding hydrogens is 304 g/mol. The number of ether oxygens (including phenoxy) is 2. The molecule has 1 aliphatic heterocycles. The van der Waals surface area contributed by atoms with Crippen LogP contribution in [0.3, 0.4) is 0 Å². The maximum atomic E-state index is 10.3. The Morgan fingerprint density at radius 1 is 1.21 bits per heavy atom. The van der Waals surface area contributed by atoms with Crippen molar-refractivity contribution in [2.24, 2.45) is 0 Å². The van der Waals surface area contributed by atoms with Crippen LogP contribution in [-0.2, 0) is 17.9 Å². The van der Waals surface area contributed by atoms with Crippen LogP contribution in [0.1, 0.15) is 24.2 Å². The van der Waals surface area contributed by atoms with Gasteiger partial charge in [0.2, 0.25) is 0 Å². The Morgan fingerprint density at radius 3 is 2.75 bits per heavy atom. The summed E-state index contributed by atoms with van der Waals surface area (Å²) in [5.74, 6) is 0.836. The predicted octanol–water partition coefficient (Wildman–Crippen LogP) is 2.45. The standard InChI is InChI=1S/C19H26N2O3/c1-15-19-4-3-9-20(19)10-11-21(15)12-17(22)14-24-13-16-5-7-18(23-2)8-6-16/h3-9,15,17,22H,10-14H2,1-2H3/t15-,17+/m0/s1. The molecule has 5 nitrogen and oxygen atoms in total. The van der Waals surface area contributed by atoms with Gasteiger partial charge in [0, 0.05) is 37.6 Å². The van der Waals surface area contributed by atoms with E-state index in [1.807, 2.05) is 24.3 Å². The van der Waals surface area contributed by atoms with E-state index < -0.39 is 6.10 Å². The first-order valence-corrected chi connectivity index (χ1v) is 8.45. The monoisotopic (exact) mass is 330 g/mol. The first-order chi connectivity index (χ1) is 11.7. The topological polar surface area (TPSA) is 46.9 Å². The highest BCUT2D eigenvalue weighted by atomic mass is 16.5. The highest BCUT2D eigenvalue weighted by Gasteiger charge is 2.25. The van der Waals surface area contributed by atoms with Crippen molar-refractivity contribution in [3.8, 4) is 5.75 Å². The Kier molecular flexibility index (Phi) is 5.56. The van der Waals surface area contributed by atoms with Crippen molar-refractivity contribution in [2.75, 3.05) is 26.8 Å². The van der Waals surface area contributed by atoms with Gasteiger partial charge < -0.3 is 19.1 Å². The molecule has 2 atom stereocenters. The number of aliphatic hydroxyl groups excluding tert-OH is 1. The van der Waals surface area contributed by atoms with Gasteiger partial charge in [-0.1, -0.05) is 12.1 Å². The highest BCUT2D eigenvalue weighted by molar-refractivity contribution is 5.26. The summed E-state index contributed by atoms with van der Waals surface area (Å²) in [6.07, 6.45) is 1.64. The van der Waals surface area contributed by atoms with Crippen LogP contribution in [0, 0.1) is 0 Å². The molecule has 2 aromatic rings. The zero-order chi connectivity index (χ0) is 16.9. The molecule has 0 saturated carbocycles. The quantitative estimate of drug-likeness (QED) is 0.847. The van der Waals surface area contributed by atoms with Gasteiger partial charge in [-0.25, -0.2) is 0 Å². The normalized spacial score (nSPS) is 19.0. The highest BCUT2D eigenvalue weighted by Crippen LogP contribution is 2.25. The van der Waals surface area contributed by atoms with E-state index in [0.29, 0.717) is 25.8 Å². The van der Waals surface area contributed by atoms with Crippen LogP contribution in [0.2, 0.25) is 0 Å². The second-order valence-corrected chi connectivity index (χ2v) is 6.31. The van der Waals surface area contributed by atoms with Crippen LogP contribution in [0.5, 0.6) is 5.75 Å².